The number of halogens is 2. The Bertz CT molecular complexity index is 1850. The molecule has 8 heteroatoms. The van der Waals surface area contributed by atoms with Crippen molar-refractivity contribution in [2.45, 2.75) is 45.2 Å². The quantitative estimate of drug-likeness (QED) is 0.133. The third-order valence-electron chi connectivity index (χ3n) is 7.77. The number of anilines is 1. The minimum Gasteiger partial charge on any atom is -0.480 e. The van der Waals surface area contributed by atoms with E-state index in [0.29, 0.717) is 18.0 Å². The molecule has 0 spiro atoms. The van der Waals surface area contributed by atoms with E-state index < -0.39 is 23.7 Å². The first-order valence-corrected chi connectivity index (χ1v) is 15.6. The standard InChI is InChI=1S/C39H36ClFN2O4/c1-39(2,3)29-15-11-26(12-16-29)24-42-35-20-18-30(47-31-17-19-34(41)33(40)23-31)22-32(35)37(44)43-36(38(45)46)21-25-9-13-28(14-10-25)27-7-5-4-6-8-27/h4-20,22-23,36,42H,21,24H2,1-3H3,(H,43,44)(H,45,46). The van der Waals surface area contributed by atoms with Gasteiger partial charge in [-0.15, -0.1) is 0 Å². The summed E-state index contributed by atoms with van der Waals surface area (Å²) in [6.45, 7) is 6.88. The Morgan fingerprint density at radius 1 is 0.809 bits per heavy atom. The first-order valence-electron chi connectivity index (χ1n) is 15.2. The van der Waals surface area contributed by atoms with Crippen molar-refractivity contribution in [2.75, 3.05) is 5.32 Å². The smallest absolute Gasteiger partial charge is 0.326 e. The summed E-state index contributed by atoms with van der Waals surface area (Å²) in [7, 11) is 0. The summed E-state index contributed by atoms with van der Waals surface area (Å²) in [6.07, 6.45) is 0.0866. The summed E-state index contributed by atoms with van der Waals surface area (Å²) in [4.78, 5) is 26.1. The topological polar surface area (TPSA) is 87.7 Å². The van der Waals surface area contributed by atoms with E-state index >= 15 is 0 Å². The molecular formula is C39H36ClFN2O4. The summed E-state index contributed by atoms with van der Waals surface area (Å²) in [5.74, 6) is -1.76. The van der Waals surface area contributed by atoms with Gasteiger partial charge < -0.3 is 20.5 Å². The number of hydrogen-bond acceptors (Lipinski definition) is 4. The molecule has 0 saturated heterocycles. The lowest BCUT2D eigenvalue weighted by molar-refractivity contribution is -0.139. The largest absolute Gasteiger partial charge is 0.480 e. The van der Waals surface area contributed by atoms with Crippen molar-refractivity contribution in [3.8, 4) is 22.6 Å². The van der Waals surface area contributed by atoms with Crippen LogP contribution < -0.4 is 15.4 Å². The first-order chi connectivity index (χ1) is 22.5. The SMILES string of the molecule is CC(C)(C)c1ccc(CNc2ccc(Oc3ccc(F)c(Cl)c3)cc2C(=O)NC(Cc2ccc(-c3ccccc3)cc2)C(=O)O)cc1. The molecule has 1 atom stereocenters. The molecule has 0 aromatic heterocycles. The second-order valence-corrected chi connectivity index (χ2v) is 12.7. The van der Waals surface area contributed by atoms with E-state index in [1.54, 1.807) is 12.1 Å². The van der Waals surface area contributed by atoms with Gasteiger partial charge in [-0.1, -0.05) is 111 Å². The molecule has 0 heterocycles. The van der Waals surface area contributed by atoms with Crippen LogP contribution in [0.1, 0.15) is 47.8 Å². The minimum atomic E-state index is -1.19. The highest BCUT2D eigenvalue weighted by atomic mass is 35.5. The molecule has 47 heavy (non-hydrogen) atoms. The number of carbonyl (C=O) groups excluding carboxylic acids is 1. The number of rotatable bonds is 11. The summed E-state index contributed by atoms with van der Waals surface area (Å²) in [5.41, 5.74) is 5.74. The van der Waals surface area contributed by atoms with E-state index in [4.69, 9.17) is 16.3 Å². The Morgan fingerprint density at radius 3 is 2.06 bits per heavy atom. The predicted molar refractivity (Wildman–Crippen MR) is 185 cm³/mol. The molecule has 3 N–H and O–H groups in total. The Hall–Kier alpha value is -5.14. The molecular weight excluding hydrogens is 615 g/mol. The van der Waals surface area contributed by atoms with Gasteiger partial charge in [0.15, 0.2) is 0 Å². The fourth-order valence-electron chi connectivity index (χ4n) is 5.06. The normalized spacial score (nSPS) is 11.9. The highest BCUT2D eigenvalue weighted by Gasteiger charge is 2.23. The maximum absolute atomic E-state index is 13.7. The Labute approximate surface area is 279 Å². The molecule has 0 saturated carbocycles. The molecule has 5 rings (SSSR count). The van der Waals surface area contributed by atoms with E-state index in [9.17, 15) is 19.1 Å². The van der Waals surface area contributed by atoms with Gasteiger partial charge in [-0.25, -0.2) is 9.18 Å². The van der Waals surface area contributed by atoms with Crippen LogP contribution in [0.25, 0.3) is 11.1 Å². The Kier molecular flexibility index (Phi) is 10.3. The maximum atomic E-state index is 13.7. The van der Waals surface area contributed by atoms with Crippen LogP contribution in [0.2, 0.25) is 5.02 Å². The van der Waals surface area contributed by atoms with Crippen LogP contribution in [0.5, 0.6) is 11.5 Å². The van der Waals surface area contributed by atoms with Crippen molar-refractivity contribution >= 4 is 29.2 Å². The van der Waals surface area contributed by atoms with Crippen molar-refractivity contribution in [3.05, 3.63) is 148 Å². The molecule has 6 nitrogen and oxygen atoms in total. The van der Waals surface area contributed by atoms with Gasteiger partial charge in [0.2, 0.25) is 0 Å². The van der Waals surface area contributed by atoms with E-state index in [0.717, 1.165) is 22.3 Å². The second kappa shape index (κ2) is 14.5. The molecule has 1 amide bonds. The summed E-state index contributed by atoms with van der Waals surface area (Å²) in [6, 6.07) is 33.4. The van der Waals surface area contributed by atoms with Crippen LogP contribution in [-0.2, 0) is 23.2 Å². The van der Waals surface area contributed by atoms with Gasteiger partial charge in [0, 0.05) is 24.7 Å². The number of carbonyl (C=O) groups is 2. The zero-order chi connectivity index (χ0) is 33.6. The Balaban J connectivity index is 1.37. The number of aliphatic carboxylic acids is 1. The van der Waals surface area contributed by atoms with Gasteiger partial charge >= 0.3 is 5.97 Å². The van der Waals surface area contributed by atoms with Crippen LogP contribution in [0.15, 0.2) is 115 Å². The van der Waals surface area contributed by atoms with Crippen LogP contribution >= 0.6 is 11.6 Å². The van der Waals surface area contributed by atoms with Gasteiger partial charge in [0.25, 0.3) is 5.91 Å². The lowest BCUT2D eigenvalue weighted by Crippen LogP contribution is -2.42. The molecule has 0 bridgehead atoms. The van der Waals surface area contributed by atoms with Gasteiger partial charge in [-0.2, -0.15) is 0 Å². The fourth-order valence-corrected chi connectivity index (χ4v) is 5.23. The molecule has 0 aliphatic carbocycles. The van der Waals surface area contributed by atoms with Crippen LogP contribution in [0.3, 0.4) is 0 Å². The van der Waals surface area contributed by atoms with Crippen LogP contribution in [0.4, 0.5) is 10.1 Å². The zero-order valence-electron chi connectivity index (χ0n) is 26.4. The van der Waals surface area contributed by atoms with Crippen molar-refractivity contribution in [2.24, 2.45) is 0 Å². The van der Waals surface area contributed by atoms with Crippen molar-refractivity contribution in [1.82, 2.24) is 5.32 Å². The molecule has 5 aromatic rings. The minimum absolute atomic E-state index is 0.0203. The first kappa shape index (κ1) is 33.2. The molecule has 0 aliphatic heterocycles. The molecule has 240 valence electrons. The van der Waals surface area contributed by atoms with Gasteiger partial charge in [-0.05, 0) is 63.6 Å². The highest BCUT2D eigenvalue weighted by Crippen LogP contribution is 2.30. The average molecular weight is 651 g/mol. The lowest BCUT2D eigenvalue weighted by Gasteiger charge is -2.20. The summed E-state index contributed by atoms with van der Waals surface area (Å²) < 4.78 is 19.6. The van der Waals surface area contributed by atoms with Crippen LogP contribution in [-0.4, -0.2) is 23.0 Å². The van der Waals surface area contributed by atoms with Gasteiger partial charge in [0.05, 0.1) is 10.6 Å². The summed E-state index contributed by atoms with van der Waals surface area (Å²) >= 11 is 5.93. The third-order valence-corrected chi connectivity index (χ3v) is 8.06. The average Bonchev–Trinajstić information content (AvgIpc) is 3.06. The molecule has 0 aliphatic rings. The zero-order valence-corrected chi connectivity index (χ0v) is 27.1. The second-order valence-electron chi connectivity index (χ2n) is 12.3. The van der Waals surface area contributed by atoms with E-state index in [-0.39, 0.29) is 28.2 Å². The third kappa shape index (κ3) is 8.77. The highest BCUT2D eigenvalue weighted by molar-refractivity contribution is 6.30. The van der Waals surface area contributed by atoms with E-state index in [2.05, 4.69) is 43.5 Å². The number of ether oxygens (including phenoxy) is 1. The van der Waals surface area contributed by atoms with Crippen molar-refractivity contribution in [1.29, 1.82) is 0 Å². The van der Waals surface area contributed by atoms with E-state index in [1.165, 1.54) is 29.8 Å². The maximum Gasteiger partial charge on any atom is 0.326 e. The number of carboxylic acid groups (broad SMARTS) is 1. The van der Waals surface area contributed by atoms with E-state index in [1.807, 2.05) is 66.7 Å². The monoisotopic (exact) mass is 650 g/mol. The fraction of sp³-hybridized carbons (Fsp3) is 0.179. The number of nitrogens with one attached hydrogen (secondary N) is 2. The molecule has 0 radical (unpaired) electrons. The predicted octanol–water partition coefficient (Wildman–Crippen LogP) is 9.27. The number of amides is 1. The Morgan fingerprint density at radius 2 is 1.43 bits per heavy atom. The summed E-state index contributed by atoms with van der Waals surface area (Å²) in [5, 5.41) is 16.0. The lowest BCUT2D eigenvalue weighted by atomic mass is 9.87. The molecule has 0 fully saturated rings. The van der Waals surface area contributed by atoms with Gasteiger partial charge in [0.1, 0.15) is 23.4 Å². The van der Waals surface area contributed by atoms with Crippen LogP contribution in [0, 0.1) is 5.82 Å². The van der Waals surface area contributed by atoms with Gasteiger partial charge in [-0.3, -0.25) is 4.79 Å². The molecule has 5 aromatic carbocycles. The number of carboxylic acids is 1. The number of benzene rings is 5. The molecule has 1 unspecified atom stereocenters. The van der Waals surface area contributed by atoms with Crippen molar-refractivity contribution < 1.29 is 23.8 Å². The van der Waals surface area contributed by atoms with Crippen molar-refractivity contribution in [3.63, 3.8) is 0 Å². The number of hydrogen-bond donors (Lipinski definition) is 3.